The van der Waals surface area contributed by atoms with E-state index in [-0.39, 0.29) is 5.91 Å². The van der Waals surface area contributed by atoms with Crippen LogP contribution in [0.25, 0.3) is 22.2 Å². The second-order valence-electron chi connectivity index (χ2n) is 7.84. The SMILES string of the molecule is COc1ccc(-c2nc3c(C)cc(C)cc3c(C(=O)NCc3ccccc3)c2C)cc1. The number of benzene rings is 3. The van der Waals surface area contributed by atoms with Crippen molar-refractivity contribution in [3.63, 3.8) is 0 Å². The normalized spacial score (nSPS) is 10.8. The van der Waals surface area contributed by atoms with Crippen molar-refractivity contribution in [2.75, 3.05) is 7.11 Å². The van der Waals surface area contributed by atoms with E-state index in [1.54, 1.807) is 7.11 Å². The molecule has 0 fully saturated rings. The van der Waals surface area contributed by atoms with Gasteiger partial charge in [0, 0.05) is 17.5 Å². The minimum atomic E-state index is -0.0893. The van der Waals surface area contributed by atoms with Gasteiger partial charge >= 0.3 is 0 Å². The number of hydrogen-bond acceptors (Lipinski definition) is 3. The third-order valence-corrected chi connectivity index (χ3v) is 5.55. The molecule has 1 N–H and O–H groups in total. The van der Waals surface area contributed by atoms with Crippen LogP contribution in [0.4, 0.5) is 0 Å². The monoisotopic (exact) mass is 410 g/mol. The second-order valence-corrected chi connectivity index (χ2v) is 7.84. The van der Waals surface area contributed by atoms with E-state index in [2.05, 4.69) is 17.4 Å². The summed E-state index contributed by atoms with van der Waals surface area (Å²) in [4.78, 5) is 18.4. The summed E-state index contributed by atoms with van der Waals surface area (Å²) in [5.41, 5.74) is 7.40. The van der Waals surface area contributed by atoms with Crippen LogP contribution in [0.15, 0.2) is 66.7 Å². The molecule has 4 aromatic rings. The third kappa shape index (κ3) is 4.15. The first-order valence-corrected chi connectivity index (χ1v) is 10.4. The van der Waals surface area contributed by atoms with Gasteiger partial charge in [-0.15, -0.1) is 0 Å². The van der Waals surface area contributed by atoms with Gasteiger partial charge in [0.15, 0.2) is 0 Å². The Hall–Kier alpha value is -3.66. The van der Waals surface area contributed by atoms with Gasteiger partial charge in [0.2, 0.25) is 0 Å². The smallest absolute Gasteiger partial charge is 0.252 e. The van der Waals surface area contributed by atoms with Crippen molar-refractivity contribution in [1.82, 2.24) is 10.3 Å². The fourth-order valence-electron chi connectivity index (χ4n) is 4.00. The zero-order valence-electron chi connectivity index (χ0n) is 18.3. The molecule has 0 aliphatic carbocycles. The average Bonchev–Trinajstić information content (AvgIpc) is 2.78. The highest BCUT2D eigenvalue weighted by Gasteiger charge is 2.20. The highest BCUT2D eigenvalue weighted by atomic mass is 16.5. The van der Waals surface area contributed by atoms with E-state index in [9.17, 15) is 4.79 Å². The summed E-state index contributed by atoms with van der Waals surface area (Å²) in [5, 5.41) is 3.98. The van der Waals surface area contributed by atoms with Crippen molar-refractivity contribution in [3.8, 4) is 17.0 Å². The lowest BCUT2D eigenvalue weighted by atomic mass is 9.94. The third-order valence-electron chi connectivity index (χ3n) is 5.55. The Labute approximate surface area is 182 Å². The maximum absolute atomic E-state index is 13.4. The summed E-state index contributed by atoms with van der Waals surface area (Å²) >= 11 is 0. The lowest BCUT2D eigenvalue weighted by molar-refractivity contribution is 0.0952. The van der Waals surface area contributed by atoms with Gasteiger partial charge in [-0.25, -0.2) is 4.98 Å². The summed E-state index contributed by atoms with van der Waals surface area (Å²) in [6.45, 7) is 6.54. The number of fused-ring (bicyclic) bond motifs is 1. The predicted octanol–water partition coefficient (Wildman–Crippen LogP) is 5.77. The molecule has 1 amide bonds. The number of pyridine rings is 1. The molecular formula is C27H26N2O2. The van der Waals surface area contributed by atoms with E-state index in [4.69, 9.17) is 9.72 Å². The van der Waals surface area contributed by atoms with Crippen LogP contribution in [0, 0.1) is 20.8 Å². The number of methoxy groups -OCH3 is 1. The number of hydrogen-bond donors (Lipinski definition) is 1. The van der Waals surface area contributed by atoms with Crippen LogP contribution >= 0.6 is 0 Å². The number of carbonyl (C=O) groups excluding carboxylic acids is 1. The predicted molar refractivity (Wildman–Crippen MR) is 126 cm³/mol. The van der Waals surface area contributed by atoms with Crippen molar-refractivity contribution >= 4 is 16.8 Å². The molecule has 0 atom stereocenters. The fraction of sp³-hybridized carbons (Fsp3) is 0.185. The molecular weight excluding hydrogens is 384 g/mol. The molecule has 31 heavy (non-hydrogen) atoms. The molecule has 0 saturated carbocycles. The minimum Gasteiger partial charge on any atom is -0.497 e. The van der Waals surface area contributed by atoms with Crippen LogP contribution in [-0.4, -0.2) is 18.0 Å². The molecule has 0 bridgehead atoms. The summed E-state index contributed by atoms with van der Waals surface area (Å²) in [6.07, 6.45) is 0. The second kappa shape index (κ2) is 8.60. The molecule has 4 nitrogen and oxygen atoms in total. The summed E-state index contributed by atoms with van der Waals surface area (Å²) in [7, 11) is 1.65. The number of carbonyl (C=O) groups is 1. The minimum absolute atomic E-state index is 0.0893. The van der Waals surface area contributed by atoms with Crippen molar-refractivity contribution in [2.45, 2.75) is 27.3 Å². The van der Waals surface area contributed by atoms with Crippen LogP contribution < -0.4 is 10.1 Å². The number of ether oxygens (including phenoxy) is 1. The highest BCUT2D eigenvalue weighted by molar-refractivity contribution is 6.09. The van der Waals surface area contributed by atoms with Gasteiger partial charge in [-0.3, -0.25) is 4.79 Å². The first-order valence-electron chi connectivity index (χ1n) is 10.4. The number of aryl methyl sites for hydroxylation is 2. The molecule has 0 aliphatic heterocycles. The van der Waals surface area contributed by atoms with Gasteiger partial charge in [-0.1, -0.05) is 42.0 Å². The first-order chi connectivity index (χ1) is 15.0. The summed E-state index contributed by atoms with van der Waals surface area (Å²) < 4.78 is 5.29. The quantitative estimate of drug-likeness (QED) is 0.455. The van der Waals surface area contributed by atoms with Gasteiger partial charge in [-0.2, -0.15) is 0 Å². The fourth-order valence-corrected chi connectivity index (χ4v) is 4.00. The van der Waals surface area contributed by atoms with E-state index in [0.717, 1.165) is 50.2 Å². The van der Waals surface area contributed by atoms with E-state index in [1.165, 1.54) is 0 Å². The zero-order chi connectivity index (χ0) is 22.0. The number of nitrogens with zero attached hydrogens (tertiary/aromatic N) is 1. The Kier molecular flexibility index (Phi) is 5.72. The van der Waals surface area contributed by atoms with Gasteiger partial charge in [-0.05, 0) is 67.8 Å². The molecule has 4 heteroatoms. The Balaban J connectivity index is 1.84. The maximum Gasteiger partial charge on any atom is 0.252 e. The molecule has 156 valence electrons. The van der Waals surface area contributed by atoms with E-state index in [1.807, 2.05) is 75.4 Å². The highest BCUT2D eigenvalue weighted by Crippen LogP contribution is 2.32. The first kappa shape index (κ1) is 20.6. The number of aromatic nitrogens is 1. The lowest BCUT2D eigenvalue weighted by Gasteiger charge is -2.17. The molecule has 0 spiro atoms. The van der Waals surface area contributed by atoms with Gasteiger partial charge < -0.3 is 10.1 Å². The van der Waals surface area contributed by atoms with Crippen LogP contribution in [-0.2, 0) is 6.54 Å². The van der Waals surface area contributed by atoms with Crippen LogP contribution in [0.2, 0.25) is 0 Å². The Morgan fingerprint density at radius 2 is 1.68 bits per heavy atom. The van der Waals surface area contributed by atoms with Crippen LogP contribution in [0.1, 0.15) is 32.6 Å². The molecule has 0 unspecified atom stereocenters. The molecule has 4 rings (SSSR count). The standard InChI is InChI=1S/C27H26N2O2/c1-17-14-18(2)25-23(15-17)24(27(30)28-16-20-8-6-5-7-9-20)19(3)26(29-25)21-10-12-22(31-4)13-11-21/h5-15H,16H2,1-4H3,(H,28,30). The average molecular weight is 411 g/mol. The lowest BCUT2D eigenvalue weighted by Crippen LogP contribution is -2.24. The van der Waals surface area contributed by atoms with Crippen molar-refractivity contribution in [1.29, 1.82) is 0 Å². The van der Waals surface area contributed by atoms with Crippen molar-refractivity contribution in [2.24, 2.45) is 0 Å². The number of rotatable bonds is 5. The molecule has 0 aliphatic rings. The molecule has 3 aromatic carbocycles. The van der Waals surface area contributed by atoms with Gasteiger partial charge in [0.1, 0.15) is 5.75 Å². The van der Waals surface area contributed by atoms with E-state index >= 15 is 0 Å². The van der Waals surface area contributed by atoms with E-state index in [0.29, 0.717) is 12.1 Å². The summed E-state index contributed by atoms with van der Waals surface area (Å²) in [5.74, 6) is 0.698. The van der Waals surface area contributed by atoms with Gasteiger partial charge in [0.05, 0.1) is 23.9 Å². The number of amides is 1. The van der Waals surface area contributed by atoms with Gasteiger partial charge in [0.25, 0.3) is 5.91 Å². The van der Waals surface area contributed by atoms with Crippen LogP contribution in [0.3, 0.4) is 0 Å². The largest absolute Gasteiger partial charge is 0.497 e. The number of nitrogens with one attached hydrogen (secondary N) is 1. The Bertz CT molecular complexity index is 1250. The Morgan fingerprint density at radius 1 is 0.968 bits per heavy atom. The molecule has 1 aromatic heterocycles. The molecule has 1 heterocycles. The van der Waals surface area contributed by atoms with E-state index < -0.39 is 0 Å². The molecule has 0 saturated heterocycles. The molecule has 0 radical (unpaired) electrons. The zero-order valence-corrected chi connectivity index (χ0v) is 18.3. The van der Waals surface area contributed by atoms with Crippen LogP contribution in [0.5, 0.6) is 5.75 Å². The van der Waals surface area contributed by atoms with Crippen molar-refractivity contribution in [3.05, 3.63) is 94.5 Å². The topological polar surface area (TPSA) is 51.2 Å². The summed E-state index contributed by atoms with van der Waals surface area (Å²) in [6, 6.07) is 21.9. The maximum atomic E-state index is 13.4. The van der Waals surface area contributed by atoms with Crippen molar-refractivity contribution < 1.29 is 9.53 Å². The Morgan fingerprint density at radius 3 is 2.35 bits per heavy atom.